The van der Waals surface area contributed by atoms with Crippen LogP contribution in [-0.4, -0.2) is 17.7 Å². The van der Waals surface area contributed by atoms with Gasteiger partial charge in [-0.2, -0.15) is 0 Å². The minimum absolute atomic E-state index is 0.118. The Morgan fingerprint density at radius 2 is 2.06 bits per heavy atom. The minimum Gasteiger partial charge on any atom is -0.489 e. The number of carboxylic acids is 1. The average molecular weight is 248 g/mol. The first kappa shape index (κ1) is 14.3. The molecule has 0 atom stereocenters. The number of hydrogen-bond donors (Lipinski definition) is 1. The fraction of sp³-hybridized carbons (Fsp3) is 0.400. The molecule has 0 bridgehead atoms. The summed E-state index contributed by atoms with van der Waals surface area (Å²) in [5.41, 5.74) is 2.44. The molecule has 0 radical (unpaired) electrons. The summed E-state index contributed by atoms with van der Waals surface area (Å²) in [5, 5.41) is 8.45. The van der Waals surface area contributed by atoms with E-state index >= 15 is 0 Å². The molecule has 0 heterocycles. The second-order valence-corrected chi connectivity index (χ2v) is 5.28. The summed E-state index contributed by atoms with van der Waals surface area (Å²) in [6, 6.07) is 6.09. The highest BCUT2D eigenvalue weighted by Gasteiger charge is 2.14. The predicted molar refractivity (Wildman–Crippen MR) is 72.1 cm³/mol. The van der Waals surface area contributed by atoms with E-state index in [1.54, 1.807) is 0 Å². The summed E-state index contributed by atoms with van der Waals surface area (Å²) >= 11 is 0. The van der Waals surface area contributed by atoms with Crippen LogP contribution < -0.4 is 4.74 Å². The fourth-order valence-electron chi connectivity index (χ4n) is 1.56. The molecule has 98 valence electrons. The van der Waals surface area contributed by atoms with Gasteiger partial charge in [-0.25, -0.2) is 4.79 Å². The number of ether oxygens (including phenoxy) is 1. The molecule has 1 aromatic rings. The third kappa shape index (κ3) is 4.24. The highest BCUT2D eigenvalue weighted by molar-refractivity contribution is 5.79. The van der Waals surface area contributed by atoms with Crippen LogP contribution in [0.4, 0.5) is 0 Å². The number of aryl methyl sites for hydroxylation is 1. The Kier molecular flexibility index (Phi) is 4.54. The zero-order chi connectivity index (χ0) is 13.8. The fourth-order valence-corrected chi connectivity index (χ4v) is 1.56. The molecule has 0 aromatic heterocycles. The van der Waals surface area contributed by atoms with E-state index in [2.05, 4.69) is 26.8 Å². The lowest BCUT2D eigenvalue weighted by molar-refractivity contribution is -0.131. The Morgan fingerprint density at radius 1 is 1.39 bits per heavy atom. The quantitative estimate of drug-likeness (QED) is 0.831. The summed E-state index contributed by atoms with van der Waals surface area (Å²) < 4.78 is 5.50. The SMILES string of the molecule is Cc1cc(C(C)(C)C)ccc1OCC=CC(=O)O. The van der Waals surface area contributed by atoms with Gasteiger partial charge in [-0.15, -0.1) is 0 Å². The molecule has 0 unspecified atom stereocenters. The van der Waals surface area contributed by atoms with Crippen molar-refractivity contribution < 1.29 is 14.6 Å². The van der Waals surface area contributed by atoms with E-state index in [1.807, 2.05) is 19.1 Å². The zero-order valence-electron chi connectivity index (χ0n) is 11.4. The van der Waals surface area contributed by atoms with Gasteiger partial charge >= 0.3 is 5.97 Å². The highest BCUT2D eigenvalue weighted by Crippen LogP contribution is 2.27. The summed E-state index contributed by atoms with van der Waals surface area (Å²) in [6.07, 6.45) is 2.57. The molecule has 1 rings (SSSR count). The van der Waals surface area contributed by atoms with E-state index in [-0.39, 0.29) is 12.0 Å². The third-order valence-electron chi connectivity index (χ3n) is 2.64. The van der Waals surface area contributed by atoms with Crippen LogP contribution in [0.1, 0.15) is 31.9 Å². The van der Waals surface area contributed by atoms with E-state index in [0.29, 0.717) is 0 Å². The van der Waals surface area contributed by atoms with Gasteiger partial charge in [0.1, 0.15) is 12.4 Å². The van der Waals surface area contributed by atoms with Crippen LogP contribution in [-0.2, 0) is 10.2 Å². The van der Waals surface area contributed by atoms with Crippen LogP contribution in [0.15, 0.2) is 30.4 Å². The molecular weight excluding hydrogens is 228 g/mol. The molecule has 0 aliphatic rings. The van der Waals surface area contributed by atoms with Crippen molar-refractivity contribution in [3.63, 3.8) is 0 Å². The van der Waals surface area contributed by atoms with Crippen molar-refractivity contribution in [2.45, 2.75) is 33.1 Å². The summed E-state index contributed by atoms with van der Waals surface area (Å²) in [7, 11) is 0. The second kappa shape index (κ2) is 5.71. The Hall–Kier alpha value is -1.77. The minimum atomic E-state index is -0.960. The lowest BCUT2D eigenvalue weighted by Crippen LogP contribution is -2.11. The van der Waals surface area contributed by atoms with E-state index in [9.17, 15) is 4.79 Å². The Labute approximate surface area is 108 Å². The number of hydrogen-bond acceptors (Lipinski definition) is 2. The average Bonchev–Trinajstić information content (AvgIpc) is 2.24. The van der Waals surface area contributed by atoms with Crippen LogP contribution >= 0.6 is 0 Å². The molecule has 1 aromatic carbocycles. The molecule has 1 N–H and O–H groups in total. The van der Waals surface area contributed by atoms with Crippen LogP contribution in [0, 0.1) is 6.92 Å². The van der Waals surface area contributed by atoms with Gasteiger partial charge in [0.15, 0.2) is 0 Å². The molecule has 18 heavy (non-hydrogen) atoms. The molecule has 0 spiro atoms. The first-order valence-electron chi connectivity index (χ1n) is 5.94. The first-order valence-corrected chi connectivity index (χ1v) is 5.94. The van der Waals surface area contributed by atoms with Crippen molar-refractivity contribution in [2.75, 3.05) is 6.61 Å². The summed E-state index contributed by atoms with van der Waals surface area (Å²) in [6.45, 7) is 8.75. The molecule has 0 aliphatic carbocycles. The maximum atomic E-state index is 10.3. The van der Waals surface area contributed by atoms with Crippen molar-refractivity contribution >= 4 is 5.97 Å². The van der Waals surface area contributed by atoms with Crippen LogP contribution in [0.3, 0.4) is 0 Å². The summed E-state index contributed by atoms with van der Waals surface area (Å²) in [5.74, 6) is -0.170. The van der Waals surface area contributed by atoms with Crippen LogP contribution in [0.5, 0.6) is 5.75 Å². The van der Waals surface area contributed by atoms with E-state index in [4.69, 9.17) is 9.84 Å². The van der Waals surface area contributed by atoms with Crippen molar-refractivity contribution in [1.82, 2.24) is 0 Å². The van der Waals surface area contributed by atoms with Crippen molar-refractivity contribution in [2.24, 2.45) is 0 Å². The zero-order valence-corrected chi connectivity index (χ0v) is 11.4. The van der Waals surface area contributed by atoms with Gasteiger partial charge in [0.25, 0.3) is 0 Å². The highest BCUT2D eigenvalue weighted by atomic mass is 16.5. The normalized spacial score (nSPS) is 11.8. The van der Waals surface area contributed by atoms with Crippen molar-refractivity contribution in [1.29, 1.82) is 0 Å². The van der Waals surface area contributed by atoms with Gasteiger partial charge in [0, 0.05) is 6.08 Å². The van der Waals surface area contributed by atoms with Gasteiger partial charge in [-0.1, -0.05) is 32.9 Å². The van der Waals surface area contributed by atoms with Gasteiger partial charge in [-0.05, 0) is 35.6 Å². The van der Waals surface area contributed by atoms with E-state index in [1.165, 1.54) is 11.6 Å². The monoisotopic (exact) mass is 248 g/mol. The molecule has 3 heteroatoms. The van der Waals surface area contributed by atoms with Gasteiger partial charge in [-0.3, -0.25) is 0 Å². The molecule has 0 aliphatic heterocycles. The largest absolute Gasteiger partial charge is 0.489 e. The molecular formula is C15H20O3. The molecule has 0 amide bonds. The van der Waals surface area contributed by atoms with Crippen molar-refractivity contribution in [3.8, 4) is 5.75 Å². The Bertz CT molecular complexity index is 453. The van der Waals surface area contributed by atoms with E-state index < -0.39 is 5.97 Å². The predicted octanol–water partition coefficient (Wildman–Crippen LogP) is 3.31. The third-order valence-corrected chi connectivity index (χ3v) is 2.64. The van der Waals surface area contributed by atoms with Crippen LogP contribution in [0.2, 0.25) is 0 Å². The lowest BCUT2D eigenvalue weighted by Gasteiger charge is -2.20. The molecule has 3 nitrogen and oxygen atoms in total. The molecule has 0 fully saturated rings. The standard InChI is InChI=1S/C15H20O3/c1-11-10-12(15(2,3)4)7-8-13(11)18-9-5-6-14(16)17/h5-8,10H,9H2,1-4H3,(H,16,17). The lowest BCUT2D eigenvalue weighted by atomic mass is 9.86. The molecule has 0 saturated heterocycles. The maximum absolute atomic E-state index is 10.3. The Morgan fingerprint density at radius 3 is 2.56 bits per heavy atom. The van der Waals surface area contributed by atoms with E-state index in [0.717, 1.165) is 17.4 Å². The first-order chi connectivity index (χ1) is 8.30. The number of rotatable bonds is 4. The van der Waals surface area contributed by atoms with Crippen LogP contribution in [0.25, 0.3) is 0 Å². The van der Waals surface area contributed by atoms with Gasteiger partial charge in [0.05, 0.1) is 0 Å². The topological polar surface area (TPSA) is 46.5 Å². The van der Waals surface area contributed by atoms with Gasteiger partial charge < -0.3 is 9.84 Å². The summed E-state index contributed by atoms with van der Waals surface area (Å²) in [4.78, 5) is 10.3. The number of aliphatic carboxylic acids is 1. The second-order valence-electron chi connectivity index (χ2n) is 5.28. The number of carboxylic acid groups (broad SMARTS) is 1. The van der Waals surface area contributed by atoms with Crippen molar-refractivity contribution in [3.05, 3.63) is 41.5 Å². The molecule has 0 saturated carbocycles. The number of benzene rings is 1. The number of carbonyl (C=O) groups is 1. The smallest absolute Gasteiger partial charge is 0.328 e. The maximum Gasteiger partial charge on any atom is 0.328 e. The van der Waals surface area contributed by atoms with Gasteiger partial charge in [0.2, 0.25) is 0 Å². The Balaban J connectivity index is 2.72.